The number of nitrogens with zero attached hydrogens (tertiary/aromatic N) is 2. The standard InChI is InChI=1S/C21H26N2O2/c1-4-20-13-18(22-24-20)11-16-6-8-17(9-7-16)12-19-14-21(25-23-19)10-5-15(2)3/h6-9,13-15H,4-5,10-12H2,1-3H3. The highest BCUT2D eigenvalue weighted by Crippen LogP contribution is 2.16. The van der Waals surface area contributed by atoms with Gasteiger partial charge in [-0.2, -0.15) is 0 Å². The molecule has 4 nitrogen and oxygen atoms in total. The van der Waals surface area contributed by atoms with Crippen molar-refractivity contribution in [3.05, 3.63) is 70.4 Å². The van der Waals surface area contributed by atoms with E-state index < -0.39 is 0 Å². The van der Waals surface area contributed by atoms with Crippen LogP contribution < -0.4 is 0 Å². The summed E-state index contributed by atoms with van der Waals surface area (Å²) in [5.74, 6) is 2.60. The van der Waals surface area contributed by atoms with Gasteiger partial charge in [0.2, 0.25) is 0 Å². The predicted molar refractivity (Wildman–Crippen MR) is 97.6 cm³/mol. The van der Waals surface area contributed by atoms with Crippen molar-refractivity contribution in [2.75, 3.05) is 0 Å². The second kappa shape index (κ2) is 8.15. The number of aryl methyl sites for hydroxylation is 2. The molecule has 0 fully saturated rings. The van der Waals surface area contributed by atoms with Crippen LogP contribution in [0.25, 0.3) is 0 Å². The summed E-state index contributed by atoms with van der Waals surface area (Å²) in [6.45, 7) is 6.51. The van der Waals surface area contributed by atoms with Gasteiger partial charge in [0.15, 0.2) is 0 Å². The lowest BCUT2D eigenvalue weighted by atomic mass is 10.0. The Balaban J connectivity index is 1.57. The molecular weight excluding hydrogens is 312 g/mol. The molecule has 3 aromatic rings. The van der Waals surface area contributed by atoms with E-state index in [1.54, 1.807) is 0 Å². The highest BCUT2D eigenvalue weighted by molar-refractivity contribution is 5.28. The lowest BCUT2D eigenvalue weighted by molar-refractivity contribution is 0.369. The maximum Gasteiger partial charge on any atom is 0.137 e. The van der Waals surface area contributed by atoms with Crippen molar-refractivity contribution < 1.29 is 9.05 Å². The van der Waals surface area contributed by atoms with Gasteiger partial charge in [-0.05, 0) is 23.5 Å². The molecule has 0 aliphatic carbocycles. The van der Waals surface area contributed by atoms with Crippen LogP contribution in [0.15, 0.2) is 45.4 Å². The fourth-order valence-electron chi connectivity index (χ4n) is 2.79. The van der Waals surface area contributed by atoms with E-state index in [0.717, 1.165) is 55.0 Å². The van der Waals surface area contributed by atoms with Gasteiger partial charge >= 0.3 is 0 Å². The highest BCUT2D eigenvalue weighted by atomic mass is 16.5. The molecule has 132 valence electrons. The smallest absolute Gasteiger partial charge is 0.137 e. The topological polar surface area (TPSA) is 52.1 Å². The Hall–Kier alpha value is -2.36. The van der Waals surface area contributed by atoms with Gasteiger partial charge in [-0.1, -0.05) is 55.4 Å². The second-order valence-electron chi connectivity index (χ2n) is 7.03. The molecular formula is C21H26N2O2. The Bertz CT molecular complexity index is 784. The molecule has 1 aromatic carbocycles. The predicted octanol–water partition coefficient (Wildman–Crippen LogP) is 5.00. The Morgan fingerprint density at radius 3 is 1.84 bits per heavy atom. The maximum atomic E-state index is 5.43. The quantitative estimate of drug-likeness (QED) is 0.580. The Morgan fingerprint density at radius 1 is 0.840 bits per heavy atom. The van der Waals surface area contributed by atoms with Crippen LogP contribution in [-0.4, -0.2) is 10.3 Å². The number of hydrogen-bond donors (Lipinski definition) is 0. The van der Waals surface area contributed by atoms with Crippen molar-refractivity contribution >= 4 is 0 Å². The van der Waals surface area contributed by atoms with Crippen LogP contribution >= 0.6 is 0 Å². The summed E-state index contributed by atoms with van der Waals surface area (Å²) in [5.41, 5.74) is 4.45. The highest BCUT2D eigenvalue weighted by Gasteiger charge is 2.07. The molecule has 2 aromatic heterocycles. The summed E-state index contributed by atoms with van der Waals surface area (Å²) in [7, 11) is 0. The second-order valence-corrected chi connectivity index (χ2v) is 7.03. The molecule has 0 radical (unpaired) electrons. The van der Waals surface area contributed by atoms with E-state index in [2.05, 4.69) is 61.4 Å². The summed E-state index contributed by atoms with van der Waals surface area (Å²) in [5, 5.41) is 8.30. The molecule has 0 amide bonds. The third-order valence-electron chi connectivity index (χ3n) is 4.33. The molecule has 2 heterocycles. The number of rotatable bonds is 8. The first-order valence-electron chi connectivity index (χ1n) is 9.09. The van der Waals surface area contributed by atoms with Gasteiger partial charge < -0.3 is 9.05 Å². The van der Waals surface area contributed by atoms with Gasteiger partial charge in [0.25, 0.3) is 0 Å². The van der Waals surface area contributed by atoms with Crippen molar-refractivity contribution in [3.8, 4) is 0 Å². The summed E-state index contributed by atoms with van der Waals surface area (Å²) in [4.78, 5) is 0. The fraction of sp³-hybridized carbons (Fsp3) is 0.429. The van der Waals surface area contributed by atoms with E-state index in [0.29, 0.717) is 5.92 Å². The minimum Gasteiger partial charge on any atom is -0.361 e. The van der Waals surface area contributed by atoms with Crippen LogP contribution in [-0.2, 0) is 25.7 Å². The van der Waals surface area contributed by atoms with Gasteiger partial charge in [0.1, 0.15) is 11.5 Å². The Labute approximate surface area is 149 Å². The van der Waals surface area contributed by atoms with Crippen molar-refractivity contribution in [2.24, 2.45) is 5.92 Å². The normalized spacial score (nSPS) is 11.4. The monoisotopic (exact) mass is 338 g/mol. The third-order valence-corrected chi connectivity index (χ3v) is 4.33. The molecule has 3 rings (SSSR count). The SMILES string of the molecule is CCc1cc(Cc2ccc(Cc3cc(CCC(C)C)on3)cc2)no1. The van der Waals surface area contributed by atoms with Crippen molar-refractivity contribution in [1.29, 1.82) is 0 Å². The maximum absolute atomic E-state index is 5.43. The third kappa shape index (κ3) is 5.05. The number of aromatic nitrogens is 2. The van der Waals surface area contributed by atoms with Crippen LogP contribution in [0.4, 0.5) is 0 Å². The summed E-state index contributed by atoms with van der Waals surface area (Å²) in [6, 6.07) is 12.7. The Morgan fingerprint density at radius 2 is 1.36 bits per heavy atom. The van der Waals surface area contributed by atoms with Crippen LogP contribution in [0.5, 0.6) is 0 Å². The zero-order valence-electron chi connectivity index (χ0n) is 15.3. The minimum atomic E-state index is 0.680. The lowest BCUT2D eigenvalue weighted by Gasteiger charge is -2.01. The summed E-state index contributed by atoms with van der Waals surface area (Å²) >= 11 is 0. The Kier molecular flexibility index (Phi) is 5.69. The molecule has 25 heavy (non-hydrogen) atoms. The molecule has 0 spiro atoms. The molecule has 0 N–H and O–H groups in total. The van der Waals surface area contributed by atoms with Gasteiger partial charge in [0, 0.05) is 37.8 Å². The summed E-state index contributed by atoms with van der Waals surface area (Å²) in [6.07, 6.45) is 4.57. The molecule has 0 atom stereocenters. The average Bonchev–Trinajstić information content (AvgIpc) is 3.24. The van der Waals surface area contributed by atoms with Crippen LogP contribution in [0.1, 0.15) is 61.2 Å². The van der Waals surface area contributed by atoms with E-state index in [1.807, 2.05) is 6.07 Å². The van der Waals surface area contributed by atoms with E-state index in [4.69, 9.17) is 9.05 Å². The fourth-order valence-corrected chi connectivity index (χ4v) is 2.79. The van der Waals surface area contributed by atoms with Crippen molar-refractivity contribution in [1.82, 2.24) is 10.3 Å². The first kappa shape index (κ1) is 17.5. The van der Waals surface area contributed by atoms with E-state index in [1.165, 1.54) is 11.1 Å². The zero-order chi connectivity index (χ0) is 17.6. The minimum absolute atomic E-state index is 0.680. The molecule has 4 heteroatoms. The van der Waals surface area contributed by atoms with Gasteiger partial charge in [0.05, 0.1) is 11.4 Å². The summed E-state index contributed by atoms with van der Waals surface area (Å²) < 4.78 is 10.7. The molecule has 0 unspecified atom stereocenters. The van der Waals surface area contributed by atoms with Gasteiger partial charge in [-0.25, -0.2) is 0 Å². The van der Waals surface area contributed by atoms with Crippen LogP contribution in [0.3, 0.4) is 0 Å². The largest absolute Gasteiger partial charge is 0.361 e. The first-order chi connectivity index (χ1) is 12.1. The molecule has 0 saturated heterocycles. The molecule has 0 saturated carbocycles. The lowest BCUT2D eigenvalue weighted by Crippen LogP contribution is -1.92. The number of benzene rings is 1. The van der Waals surface area contributed by atoms with E-state index in [-0.39, 0.29) is 0 Å². The van der Waals surface area contributed by atoms with Crippen molar-refractivity contribution in [3.63, 3.8) is 0 Å². The molecule has 0 aliphatic heterocycles. The molecule has 0 bridgehead atoms. The first-order valence-corrected chi connectivity index (χ1v) is 9.09. The zero-order valence-corrected chi connectivity index (χ0v) is 15.3. The van der Waals surface area contributed by atoms with Crippen LogP contribution in [0.2, 0.25) is 0 Å². The van der Waals surface area contributed by atoms with E-state index >= 15 is 0 Å². The van der Waals surface area contributed by atoms with Gasteiger partial charge in [-0.15, -0.1) is 0 Å². The van der Waals surface area contributed by atoms with Gasteiger partial charge in [-0.3, -0.25) is 0 Å². The average molecular weight is 338 g/mol. The van der Waals surface area contributed by atoms with Crippen LogP contribution in [0, 0.1) is 5.92 Å². The van der Waals surface area contributed by atoms with E-state index in [9.17, 15) is 0 Å². The van der Waals surface area contributed by atoms with Crippen molar-refractivity contribution in [2.45, 2.75) is 52.9 Å². The number of hydrogen-bond acceptors (Lipinski definition) is 4. The molecule has 0 aliphatic rings.